The highest BCUT2D eigenvalue weighted by Crippen LogP contribution is 2.12. The van der Waals surface area contributed by atoms with E-state index in [2.05, 4.69) is 0 Å². The van der Waals surface area contributed by atoms with Crippen molar-refractivity contribution >= 4 is 17.9 Å². The van der Waals surface area contributed by atoms with E-state index in [0.29, 0.717) is 25.7 Å². The summed E-state index contributed by atoms with van der Waals surface area (Å²) in [7, 11) is 0. The van der Waals surface area contributed by atoms with E-state index in [0.717, 1.165) is 0 Å². The minimum absolute atomic E-state index is 0.0950. The molecule has 0 aromatic carbocycles. The normalized spacial score (nSPS) is 10.3. The summed E-state index contributed by atoms with van der Waals surface area (Å²) in [5.41, 5.74) is 0. The van der Waals surface area contributed by atoms with E-state index in [9.17, 15) is 14.4 Å². The van der Waals surface area contributed by atoms with Crippen LogP contribution < -0.4 is 0 Å². The third-order valence-electron chi connectivity index (χ3n) is 2.23. The van der Waals surface area contributed by atoms with E-state index in [1.54, 1.807) is 0 Å². The van der Waals surface area contributed by atoms with E-state index in [1.807, 2.05) is 0 Å². The van der Waals surface area contributed by atoms with Gasteiger partial charge >= 0.3 is 17.9 Å². The maximum Gasteiger partial charge on any atom is 0.317 e. The summed E-state index contributed by atoms with van der Waals surface area (Å²) < 4.78 is 0. The molecule has 0 aliphatic heterocycles. The number of hydrogen-bond donors (Lipinski definition) is 3. The van der Waals surface area contributed by atoms with Crippen molar-refractivity contribution in [3.8, 4) is 0 Å². The molecule has 0 saturated heterocycles. The molecule has 0 aliphatic carbocycles. The number of hydrogen-bond acceptors (Lipinski definition) is 3. The molecule has 92 valence electrons. The van der Waals surface area contributed by atoms with E-state index in [4.69, 9.17) is 15.3 Å². The van der Waals surface area contributed by atoms with Gasteiger partial charge in [0, 0.05) is 6.42 Å². The van der Waals surface area contributed by atoms with E-state index < -0.39 is 23.8 Å². The molecular formula is C10H16O6. The van der Waals surface area contributed by atoms with Crippen LogP contribution in [0.5, 0.6) is 0 Å². The predicted octanol–water partition coefficient (Wildman–Crippen LogP) is 1.20. The summed E-state index contributed by atoms with van der Waals surface area (Å²) in [4.78, 5) is 31.1. The predicted molar refractivity (Wildman–Crippen MR) is 54.1 cm³/mol. The highest BCUT2D eigenvalue weighted by molar-refractivity contribution is 5.92. The molecule has 0 amide bonds. The fourth-order valence-electron chi connectivity index (χ4n) is 1.33. The van der Waals surface area contributed by atoms with Crippen LogP contribution in [0.1, 0.15) is 38.5 Å². The Balaban J connectivity index is 3.60. The highest BCUT2D eigenvalue weighted by atomic mass is 16.4. The van der Waals surface area contributed by atoms with Crippen LogP contribution in [-0.2, 0) is 14.4 Å². The molecule has 0 rings (SSSR count). The zero-order valence-corrected chi connectivity index (χ0v) is 8.89. The Labute approximate surface area is 92.9 Å². The van der Waals surface area contributed by atoms with Crippen molar-refractivity contribution in [3.63, 3.8) is 0 Å². The van der Waals surface area contributed by atoms with E-state index >= 15 is 0 Å². The van der Waals surface area contributed by atoms with Crippen LogP contribution in [0.2, 0.25) is 0 Å². The second-order valence-corrected chi connectivity index (χ2v) is 3.58. The number of carboxylic acid groups (broad SMARTS) is 3. The first-order valence-electron chi connectivity index (χ1n) is 5.12. The van der Waals surface area contributed by atoms with Gasteiger partial charge in [0.15, 0.2) is 5.92 Å². The topological polar surface area (TPSA) is 112 Å². The molecule has 0 aromatic rings. The zero-order valence-electron chi connectivity index (χ0n) is 8.89. The molecule has 0 spiro atoms. The Bertz CT molecular complexity index is 246. The lowest BCUT2D eigenvalue weighted by Crippen LogP contribution is -2.23. The summed E-state index contributed by atoms with van der Waals surface area (Å²) in [5.74, 6) is -4.84. The zero-order chi connectivity index (χ0) is 12.6. The van der Waals surface area contributed by atoms with Gasteiger partial charge in [-0.25, -0.2) is 0 Å². The smallest absolute Gasteiger partial charge is 0.317 e. The Hall–Kier alpha value is -1.59. The standard InChI is InChI=1S/C10H16O6/c11-8(12)6-4-2-1-3-5-7(9(13)14)10(15)16/h7H,1-6H2,(H,11,12)(H,13,14)(H,15,16). The van der Waals surface area contributed by atoms with Gasteiger partial charge in [-0.3, -0.25) is 14.4 Å². The molecule has 0 aliphatic rings. The molecular weight excluding hydrogens is 216 g/mol. The average Bonchev–Trinajstić information content (AvgIpc) is 2.14. The molecule has 0 saturated carbocycles. The first-order chi connectivity index (χ1) is 7.45. The van der Waals surface area contributed by atoms with Gasteiger partial charge in [-0.15, -0.1) is 0 Å². The lowest BCUT2D eigenvalue weighted by atomic mass is 10.0. The van der Waals surface area contributed by atoms with Gasteiger partial charge in [-0.2, -0.15) is 0 Å². The van der Waals surface area contributed by atoms with Gasteiger partial charge in [0.05, 0.1) is 0 Å². The third-order valence-corrected chi connectivity index (χ3v) is 2.23. The summed E-state index contributed by atoms with van der Waals surface area (Å²) in [6.45, 7) is 0. The molecule has 0 radical (unpaired) electrons. The van der Waals surface area contributed by atoms with Gasteiger partial charge in [-0.05, 0) is 12.8 Å². The molecule has 3 N–H and O–H groups in total. The van der Waals surface area contributed by atoms with Crippen molar-refractivity contribution in [3.05, 3.63) is 0 Å². The van der Waals surface area contributed by atoms with Crippen molar-refractivity contribution in [2.45, 2.75) is 38.5 Å². The van der Waals surface area contributed by atoms with Crippen LogP contribution in [0, 0.1) is 5.92 Å². The number of unbranched alkanes of at least 4 members (excludes halogenated alkanes) is 3. The van der Waals surface area contributed by atoms with Gasteiger partial charge in [0.25, 0.3) is 0 Å². The maximum absolute atomic E-state index is 10.5. The largest absolute Gasteiger partial charge is 0.481 e. The van der Waals surface area contributed by atoms with Gasteiger partial charge in [-0.1, -0.05) is 19.3 Å². The Morgan fingerprint density at radius 2 is 1.31 bits per heavy atom. The average molecular weight is 232 g/mol. The monoisotopic (exact) mass is 232 g/mol. The molecule has 6 heteroatoms. The van der Waals surface area contributed by atoms with Gasteiger partial charge in [0.2, 0.25) is 0 Å². The SMILES string of the molecule is O=C(O)CCCCCCC(C(=O)O)C(=O)O. The van der Waals surface area contributed by atoms with Gasteiger partial charge < -0.3 is 15.3 Å². The van der Waals surface area contributed by atoms with Gasteiger partial charge in [0.1, 0.15) is 0 Å². The van der Waals surface area contributed by atoms with E-state index in [1.165, 1.54) is 0 Å². The minimum Gasteiger partial charge on any atom is -0.481 e. The molecule has 0 fully saturated rings. The van der Waals surface area contributed by atoms with Crippen molar-refractivity contribution in [1.82, 2.24) is 0 Å². The number of aliphatic carboxylic acids is 3. The second kappa shape index (κ2) is 7.67. The molecule has 16 heavy (non-hydrogen) atoms. The Morgan fingerprint density at radius 3 is 1.75 bits per heavy atom. The third kappa shape index (κ3) is 6.80. The first-order valence-corrected chi connectivity index (χ1v) is 5.12. The van der Waals surface area contributed by atoms with Crippen LogP contribution in [-0.4, -0.2) is 33.2 Å². The van der Waals surface area contributed by atoms with Crippen molar-refractivity contribution in [2.75, 3.05) is 0 Å². The van der Waals surface area contributed by atoms with Crippen molar-refractivity contribution in [1.29, 1.82) is 0 Å². The quantitative estimate of drug-likeness (QED) is 0.406. The fraction of sp³-hybridized carbons (Fsp3) is 0.700. The molecule has 0 aromatic heterocycles. The summed E-state index contributed by atoms with van der Waals surface area (Å²) in [6.07, 6.45) is 2.56. The summed E-state index contributed by atoms with van der Waals surface area (Å²) in [5, 5.41) is 25.5. The lowest BCUT2D eigenvalue weighted by molar-refractivity contribution is -0.154. The number of rotatable bonds is 9. The fourth-order valence-corrected chi connectivity index (χ4v) is 1.33. The maximum atomic E-state index is 10.5. The van der Waals surface area contributed by atoms with Crippen LogP contribution in [0.4, 0.5) is 0 Å². The minimum atomic E-state index is -1.35. The van der Waals surface area contributed by atoms with Crippen molar-refractivity contribution < 1.29 is 29.7 Å². The van der Waals surface area contributed by atoms with Crippen LogP contribution in [0.3, 0.4) is 0 Å². The highest BCUT2D eigenvalue weighted by Gasteiger charge is 2.24. The van der Waals surface area contributed by atoms with Crippen LogP contribution in [0.25, 0.3) is 0 Å². The number of carbonyl (C=O) groups is 3. The van der Waals surface area contributed by atoms with Crippen LogP contribution >= 0.6 is 0 Å². The van der Waals surface area contributed by atoms with E-state index in [-0.39, 0.29) is 12.8 Å². The lowest BCUT2D eigenvalue weighted by Gasteiger charge is -2.06. The molecule has 6 nitrogen and oxygen atoms in total. The Kier molecular flexibility index (Phi) is 6.91. The molecule has 0 heterocycles. The molecule has 0 unspecified atom stereocenters. The second-order valence-electron chi connectivity index (χ2n) is 3.58. The number of carboxylic acids is 3. The first kappa shape index (κ1) is 14.4. The molecule has 0 atom stereocenters. The summed E-state index contributed by atoms with van der Waals surface area (Å²) >= 11 is 0. The Morgan fingerprint density at radius 1 is 0.812 bits per heavy atom. The molecule has 0 bridgehead atoms. The van der Waals surface area contributed by atoms with Crippen LogP contribution in [0.15, 0.2) is 0 Å². The summed E-state index contributed by atoms with van der Waals surface area (Å²) in [6, 6.07) is 0. The van der Waals surface area contributed by atoms with Crippen molar-refractivity contribution in [2.24, 2.45) is 5.92 Å².